The van der Waals surface area contributed by atoms with Crippen molar-refractivity contribution < 1.29 is 23.6 Å². The summed E-state index contributed by atoms with van der Waals surface area (Å²) in [4.78, 5) is 24.5. The number of carbonyl (C=O) groups excluding carboxylic acids is 2. The van der Waals surface area contributed by atoms with Gasteiger partial charge in [-0.3, -0.25) is 14.8 Å². The minimum Gasteiger partial charge on any atom is -0.399 e. The Morgan fingerprint density at radius 2 is 1.87 bits per heavy atom. The molecule has 1 atom stereocenters. The van der Waals surface area contributed by atoms with E-state index in [1.54, 1.807) is 29.7 Å². The van der Waals surface area contributed by atoms with Crippen LogP contribution in [-0.4, -0.2) is 33.9 Å². The monoisotopic (exact) mass is 471 g/mol. The number of carbonyl (C=O) groups is 2. The van der Waals surface area contributed by atoms with Crippen LogP contribution in [-0.2, 0) is 4.79 Å². The number of benzene rings is 2. The van der Waals surface area contributed by atoms with Gasteiger partial charge in [0.05, 0.1) is 13.0 Å². The van der Waals surface area contributed by atoms with E-state index in [0.717, 1.165) is 28.1 Å². The topological polar surface area (TPSA) is 134 Å². The molecule has 0 saturated heterocycles. The highest BCUT2D eigenvalue weighted by molar-refractivity contribution is 7.99. The Morgan fingerprint density at radius 3 is 2.48 bits per heavy atom. The molecule has 2 aromatic carbocycles. The van der Waals surface area contributed by atoms with Gasteiger partial charge in [0.25, 0.3) is 5.91 Å². The number of amides is 2. The zero-order chi connectivity index (χ0) is 23.0. The lowest BCUT2D eigenvalue weighted by molar-refractivity contribution is -0.129. The van der Waals surface area contributed by atoms with Crippen LogP contribution in [0.15, 0.2) is 59.3 Å². The predicted molar refractivity (Wildman–Crippen MR) is 113 cm³/mol. The Hall–Kier alpha value is -2.86. The molecule has 0 radical (unpaired) electrons. The molecule has 0 spiro atoms. The normalized spacial score (nSPS) is 12.2. The van der Waals surface area contributed by atoms with Crippen LogP contribution in [0.1, 0.15) is 16.8 Å². The van der Waals surface area contributed by atoms with E-state index in [-0.39, 0.29) is 24.2 Å². The first-order valence-corrected chi connectivity index (χ1v) is 10.0. The molecule has 0 heterocycles. The molecule has 31 heavy (non-hydrogen) atoms. The summed E-state index contributed by atoms with van der Waals surface area (Å²) in [6.45, 7) is -0.143. The first kappa shape index (κ1) is 24.4. The van der Waals surface area contributed by atoms with Gasteiger partial charge < -0.3 is 16.1 Å². The minimum atomic E-state index is -1.14. The smallest absolute Gasteiger partial charge is 0.251 e. The average Bonchev–Trinajstić information content (AvgIpc) is 2.74. The number of nitrogens with one attached hydrogen (secondary N) is 2. The predicted octanol–water partition coefficient (Wildman–Crippen LogP) is 2.34. The largest absolute Gasteiger partial charge is 0.399 e. The first-order valence-electron chi connectivity index (χ1n) is 8.77. The molecule has 166 valence electrons. The van der Waals surface area contributed by atoms with Gasteiger partial charge in [-0.15, -0.1) is 0 Å². The van der Waals surface area contributed by atoms with Gasteiger partial charge >= 0.3 is 0 Å². The van der Waals surface area contributed by atoms with Crippen molar-refractivity contribution in [2.24, 2.45) is 11.6 Å². The molecule has 2 rings (SSSR count). The summed E-state index contributed by atoms with van der Waals surface area (Å²) in [5, 5.41) is 12.3. The van der Waals surface area contributed by atoms with E-state index in [9.17, 15) is 18.4 Å². The summed E-state index contributed by atoms with van der Waals surface area (Å²) in [5.74, 6) is 2.48. The summed E-state index contributed by atoms with van der Waals surface area (Å²) in [6, 6.07) is 9.56. The zero-order valence-electron chi connectivity index (χ0n) is 16.0. The summed E-state index contributed by atoms with van der Waals surface area (Å²) >= 11 is 7.09. The number of nitrogens with two attached hydrogens (primary N) is 2. The van der Waals surface area contributed by atoms with Gasteiger partial charge in [-0.25, -0.2) is 20.1 Å². The molecule has 2 amide bonds. The molecular weight excluding hydrogens is 452 g/mol. The molecule has 12 heteroatoms. The maximum absolute atomic E-state index is 13.3. The van der Waals surface area contributed by atoms with Crippen LogP contribution in [0, 0.1) is 11.6 Å². The van der Waals surface area contributed by atoms with Crippen LogP contribution in [0.25, 0.3) is 0 Å². The molecule has 2 aromatic rings. The van der Waals surface area contributed by atoms with E-state index in [1.807, 2.05) is 0 Å². The molecule has 7 N–H and O–H groups in total. The van der Waals surface area contributed by atoms with Gasteiger partial charge in [0, 0.05) is 27.4 Å². The van der Waals surface area contributed by atoms with Crippen molar-refractivity contribution >= 4 is 35.2 Å². The van der Waals surface area contributed by atoms with E-state index in [2.05, 4.69) is 5.32 Å². The standard InChI is InChI=1S/C19H20ClF2N5O3S/c20-12-2-4-14(5-3-12)31-18(8-17(28)26-30)27(24)10-13(23)9-25-19(29)11-1-6-15(21)16(22)7-11/h1-7,10,18,30H,8-9,23-24H2,(H,25,29)(H,26,28)/b13-10-. The number of hydrogen-bond acceptors (Lipinski definition) is 7. The van der Waals surface area contributed by atoms with Crippen molar-refractivity contribution in [2.75, 3.05) is 6.54 Å². The minimum absolute atomic E-state index is 0.0768. The summed E-state index contributed by atoms with van der Waals surface area (Å²) in [7, 11) is 0. The number of halogens is 3. The van der Waals surface area contributed by atoms with Crippen LogP contribution in [0.4, 0.5) is 8.78 Å². The van der Waals surface area contributed by atoms with Crippen LogP contribution in [0.2, 0.25) is 5.02 Å². The van der Waals surface area contributed by atoms with Crippen molar-refractivity contribution in [1.29, 1.82) is 0 Å². The van der Waals surface area contributed by atoms with Crippen molar-refractivity contribution in [3.05, 3.63) is 76.6 Å². The van der Waals surface area contributed by atoms with E-state index < -0.39 is 28.8 Å². The summed E-state index contributed by atoms with van der Waals surface area (Å²) < 4.78 is 26.2. The number of rotatable bonds is 9. The molecule has 0 aromatic heterocycles. The van der Waals surface area contributed by atoms with Crippen molar-refractivity contribution in [2.45, 2.75) is 16.7 Å². The van der Waals surface area contributed by atoms with Crippen LogP contribution in [0.3, 0.4) is 0 Å². The molecular formula is C19H20ClF2N5O3S. The second-order valence-electron chi connectivity index (χ2n) is 6.23. The molecule has 0 bridgehead atoms. The Morgan fingerprint density at radius 1 is 1.19 bits per heavy atom. The van der Waals surface area contributed by atoms with Gasteiger partial charge in [0.1, 0.15) is 5.37 Å². The lowest BCUT2D eigenvalue weighted by Crippen LogP contribution is -2.39. The highest BCUT2D eigenvalue weighted by Crippen LogP contribution is 2.28. The Bertz CT molecular complexity index is 962. The molecule has 0 aliphatic rings. The van der Waals surface area contributed by atoms with Crippen molar-refractivity contribution in [3.63, 3.8) is 0 Å². The fourth-order valence-corrected chi connectivity index (χ4v) is 3.48. The van der Waals surface area contributed by atoms with E-state index in [1.165, 1.54) is 18.0 Å². The molecule has 0 fully saturated rings. The third kappa shape index (κ3) is 7.72. The van der Waals surface area contributed by atoms with Crippen LogP contribution < -0.4 is 22.4 Å². The second kappa shape index (κ2) is 11.5. The number of hydroxylamine groups is 1. The average molecular weight is 472 g/mol. The molecule has 0 aliphatic heterocycles. The molecule has 1 unspecified atom stereocenters. The number of nitrogens with zero attached hydrogens (tertiary/aromatic N) is 1. The van der Waals surface area contributed by atoms with Gasteiger partial charge in [-0.1, -0.05) is 23.4 Å². The first-order chi connectivity index (χ1) is 14.7. The van der Waals surface area contributed by atoms with Crippen molar-refractivity contribution in [1.82, 2.24) is 15.8 Å². The number of hydrazine groups is 1. The lowest BCUT2D eigenvalue weighted by atomic mass is 10.2. The Labute approximate surface area is 186 Å². The molecule has 0 aliphatic carbocycles. The second-order valence-corrected chi connectivity index (χ2v) is 7.92. The van der Waals surface area contributed by atoms with Gasteiger partial charge in [-0.05, 0) is 42.5 Å². The summed E-state index contributed by atoms with van der Waals surface area (Å²) in [5.41, 5.74) is 7.48. The van der Waals surface area contributed by atoms with E-state index >= 15 is 0 Å². The van der Waals surface area contributed by atoms with Crippen LogP contribution in [0.5, 0.6) is 0 Å². The van der Waals surface area contributed by atoms with Crippen LogP contribution >= 0.6 is 23.4 Å². The summed E-state index contributed by atoms with van der Waals surface area (Å²) in [6.07, 6.45) is 1.13. The number of thioether (sulfide) groups is 1. The third-order valence-electron chi connectivity index (χ3n) is 3.85. The third-order valence-corrected chi connectivity index (χ3v) is 5.33. The van der Waals surface area contributed by atoms with E-state index in [0.29, 0.717) is 5.02 Å². The lowest BCUT2D eigenvalue weighted by Gasteiger charge is -2.25. The van der Waals surface area contributed by atoms with E-state index in [4.69, 9.17) is 28.4 Å². The number of hydrogen-bond donors (Lipinski definition) is 5. The highest BCUT2D eigenvalue weighted by atomic mass is 35.5. The SMILES string of the molecule is N/C(=C\N(N)C(CC(=O)NO)Sc1ccc(Cl)cc1)CNC(=O)c1ccc(F)c(F)c1. The Balaban J connectivity index is 2.03. The molecule has 0 saturated carbocycles. The van der Waals surface area contributed by atoms with Crippen molar-refractivity contribution in [3.8, 4) is 0 Å². The maximum Gasteiger partial charge on any atom is 0.251 e. The fourth-order valence-electron chi connectivity index (χ4n) is 2.32. The van der Waals surface area contributed by atoms with Gasteiger partial charge in [0.2, 0.25) is 5.91 Å². The maximum atomic E-state index is 13.3. The van der Waals surface area contributed by atoms with Gasteiger partial charge in [-0.2, -0.15) is 0 Å². The quantitative estimate of drug-likeness (QED) is 0.125. The highest BCUT2D eigenvalue weighted by Gasteiger charge is 2.19. The fraction of sp³-hybridized carbons (Fsp3) is 0.158. The zero-order valence-corrected chi connectivity index (χ0v) is 17.6. The Kier molecular flexibility index (Phi) is 9.06. The molecule has 8 nitrogen and oxygen atoms in total. The van der Waals surface area contributed by atoms with Gasteiger partial charge in [0.15, 0.2) is 11.6 Å².